The Bertz CT molecular complexity index is 1160. The third kappa shape index (κ3) is 4.73. The Labute approximate surface area is 175 Å². The molecule has 4 heteroatoms. The monoisotopic (exact) mass is 392 g/mol. The molecule has 4 aromatic carbocycles. The summed E-state index contributed by atoms with van der Waals surface area (Å²) in [7, 11) is 0. The van der Waals surface area contributed by atoms with Gasteiger partial charge >= 0.3 is 0 Å². The van der Waals surface area contributed by atoms with Gasteiger partial charge in [0.25, 0.3) is 0 Å². The van der Waals surface area contributed by atoms with Gasteiger partial charge in [-0.3, -0.25) is 0 Å². The average Bonchev–Trinajstić information content (AvgIpc) is 2.76. The number of nitrogen functional groups attached to an aromatic ring is 2. The Morgan fingerprint density at radius 1 is 0.500 bits per heavy atom. The van der Waals surface area contributed by atoms with Crippen molar-refractivity contribution in [3.63, 3.8) is 0 Å². The third-order valence-electron chi connectivity index (χ3n) is 4.30. The Kier molecular flexibility index (Phi) is 5.54. The van der Waals surface area contributed by atoms with Gasteiger partial charge in [-0.2, -0.15) is 0 Å². The minimum absolute atomic E-state index is 0.549. The van der Waals surface area contributed by atoms with Gasteiger partial charge in [0.15, 0.2) is 0 Å². The van der Waals surface area contributed by atoms with Crippen LogP contribution in [0.25, 0.3) is 0 Å². The van der Waals surface area contributed by atoms with Crippen LogP contribution in [0, 0.1) is 11.8 Å². The summed E-state index contributed by atoms with van der Waals surface area (Å²) in [4.78, 5) is 0. The molecule has 0 atom stereocenters. The molecule has 0 aliphatic heterocycles. The maximum atomic E-state index is 6.02. The first-order chi connectivity index (χ1) is 14.7. The van der Waals surface area contributed by atoms with Gasteiger partial charge in [-0.25, -0.2) is 0 Å². The molecule has 0 aliphatic rings. The van der Waals surface area contributed by atoms with E-state index in [-0.39, 0.29) is 0 Å². The van der Waals surface area contributed by atoms with E-state index in [1.807, 2.05) is 78.9 Å². The topological polar surface area (TPSA) is 70.5 Å². The summed E-state index contributed by atoms with van der Waals surface area (Å²) in [5, 5.41) is 0. The summed E-state index contributed by atoms with van der Waals surface area (Å²) in [5.74, 6) is 8.59. The number of rotatable bonds is 4. The number of nitrogens with two attached hydrogens (primary N) is 2. The van der Waals surface area contributed by atoms with Crippen molar-refractivity contribution in [1.82, 2.24) is 0 Å². The summed E-state index contributed by atoms with van der Waals surface area (Å²) in [6, 6.07) is 29.9. The number of hydrogen-bond donors (Lipinski definition) is 2. The fraction of sp³-hybridized carbons (Fsp3) is 0. The maximum Gasteiger partial charge on any atom is 0.150 e. The lowest BCUT2D eigenvalue weighted by Crippen LogP contribution is -1.94. The van der Waals surface area contributed by atoms with E-state index in [0.717, 1.165) is 11.1 Å². The second-order valence-electron chi connectivity index (χ2n) is 6.59. The third-order valence-corrected chi connectivity index (χ3v) is 4.30. The standard InChI is InChI=1S/C26H20N2O2/c27-23-10-4-6-12-25(23)29-21-16-20(15-14-19-8-2-1-3-9-19)17-22(18-21)30-26-13-7-5-11-24(26)28/h1-13,16-18H,27-28H2. The van der Waals surface area contributed by atoms with Gasteiger partial charge in [0.1, 0.15) is 23.0 Å². The number of ether oxygens (including phenoxy) is 2. The molecule has 146 valence electrons. The van der Waals surface area contributed by atoms with Crippen LogP contribution in [-0.4, -0.2) is 0 Å². The second-order valence-corrected chi connectivity index (χ2v) is 6.59. The van der Waals surface area contributed by atoms with E-state index < -0.39 is 0 Å². The highest BCUT2D eigenvalue weighted by molar-refractivity contribution is 5.57. The van der Waals surface area contributed by atoms with Crippen molar-refractivity contribution < 1.29 is 9.47 Å². The van der Waals surface area contributed by atoms with E-state index >= 15 is 0 Å². The van der Waals surface area contributed by atoms with Gasteiger partial charge in [0.2, 0.25) is 0 Å². The molecular weight excluding hydrogens is 372 g/mol. The lowest BCUT2D eigenvalue weighted by molar-refractivity contribution is 0.462. The van der Waals surface area contributed by atoms with Crippen molar-refractivity contribution in [2.75, 3.05) is 11.5 Å². The maximum absolute atomic E-state index is 6.02. The molecule has 4 rings (SSSR count). The van der Waals surface area contributed by atoms with Crippen LogP contribution in [0.5, 0.6) is 23.0 Å². The lowest BCUT2D eigenvalue weighted by atomic mass is 10.1. The Balaban J connectivity index is 1.71. The van der Waals surface area contributed by atoms with Gasteiger partial charge in [0, 0.05) is 17.2 Å². The zero-order valence-electron chi connectivity index (χ0n) is 16.2. The summed E-state index contributed by atoms with van der Waals surface area (Å²) in [6.07, 6.45) is 0. The zero-order valence-corrected chi connectivity index (χ0v) is 16.2. The van der Waals surface area contributed by atoms with Crippen LogP contribution < -0.4 is 20.9 Å². The molecule has 0 aliphatic carbocycles. The van der Waals surface area contributed by atoms with Crippen molar-refractivity contribution in [1.29, 1.82) is 0 Å². The van der Waals surface area contributed by atoms with Crippen molar-refractivity contribution in [2.24, 2.45) is 0 Å². The highest BCUT2D eigenvalue weighted by atomic mass is 16.5. The van der Waals surface area contributed by atoms with Crippen LogP contribution in [0.3, 0.4) is 0 Å². The Morgan fingerprint density at radius 3 is 1.50 bits per heavy atom. The molecule has 30 heavy (non-hydrogen) atoms. The fourth-order valence-electron chi connectivity index (χ4n) is 2.83. The van der Waals surface area contributed by atoms with E-state index in [4.69, 9.17) is 20.9 Å². The fourth-order valence-corrected chi connectivity index (χ4v) is 2.83. The molecule has 0 bridgehead atoms. The second kappa shape index (κ2) is 8.76. The van der Waals surface area contributed by atoms with Gasteiger partial charge in [-0.1, -0.05) is 54.3 Å². The SMILES string of the molecule is Nc1ccccc1Oc1cc(C#Cc2ccccc2)cc(Oc2ccccc2N)c1. The molecule has 0 spiro atoms. The Morgan fingerprint density at radius 2 is 0.967 bits per heavy atom. The molecule has 0 fully saturated rings. The molecule has 0 aromatic heterocycles. The van der Waals surface area contributed by atoms with E-state index in [1.54, 1.807) is 18.2 Å². The minimum Gasteiger partial charge on any atom is -0.455 e. The molecule has 0 unspecified atom stereocenters. The van der Waals surface area contributed by atoms with Crippen LogP contribution in [0.4, 0.5) is 11.4 Å². The predicted octanol–water partition coefficient (Wildman–Crippen LogP) is 5.84. The van der Waals surface area contributed by atoms with E-state index in [2.05, 4.69) is 11.8 Å². The van der Waals surface area contributed by atoms with Crippen molar-refractivity contribution in [3.8, 4) is 34.8 Å². The molecule has 4 aromatic rings. The first kappa shape index (κ1) is 19.0. The first-order valence-electron chi connectivity index (χ1n) is 9.44. The Hall–Kier alpha value is -4.36. The highest BCUT2D eigenvalue weighted by Gasteiger charge is 2.08. The van der Waals surface area contributed by atoms with Crippen LogP contribution in [0.1, 0.15) is 11.1 Å². The van der Waals surface area contributed by atoms with Crippen LogP contribution in [0.15, 0.2) is 97.1 Å². The molecule has 0 saturated carbocycles. The van der Waals surface area contributed by atoms with Crippen LogP contribution in [-0.2, 0) is 0 Å². The lowest BCUT2D eigenvalue weighted by Gasteiger charge is -2.12. The number of para-hydroxylation sites is 4. The van der Waals surface area contributed by atoms with Crippen molar-refractivity contribution >= 4 is 11.4 Å². The average molecular weight is 392 g/mol. The summed E-state index contributed by atoms with van der Waals surface area (Å²) in [5.41, 5.74) is 14.8. The van der Waals surface area contributed by atoms with Crippen LogP contribution >= 0.6 is 0 Å². The quantitative estimate of drug-likeness (QED) is 0.338. The summed E-state index contributed by atoms with van der Waals surface area (Å²) < 4.78 is 12.0. The van der Waals surface area contributed by atoms with Gasteiger partial charge < -0.3 is 20.9 Å². The largest absolute Gasteiger partial charge is 0.455 e. The van der Waals surface area contributed by atoms with Gasteiger partial charge in [0.05, 0.1) is 11.4 Å². The molecule has 0 amide bonds. The van der Waals surface area contributed by atoms with Gasteiger partial charge in [-0.15, -0.1) is 0 Å². The number of hydrogen-bond acceptors (Lipinski definition) is 4. The van der Waals surface area contributed by atoms with E-state index in [1.165, 1.54) is 0 Å². The number of anilines is 2. The predicted molar refractivity (Wildman–Crippen MR) is 121 cm³/mol. The smallest absolute Gasteiger partial charge is 0.150 e. The van der Waals surface area contributed by atoms with Crippen molar-refractivity contribution in [3.05, 3.63) is 108 Å². The first-order valence-corrected chi connectivity index (χ1v) is 9.44. The molecule has 0 radical (unpaired) electrons. The summed E-state index contributed by atoms with van der Waals surface area (Å²) >= 11 is 0. The molecule has 4 nitrogen and oxygen atoms in total. The van der Waals surface area contributed by atoms with Crippen LogP contribution in [0.2, 0.25) is 0 Å². The number of benzene rings is 4. The summed E-state index contributed by atoms with van der Waals surface area (Å²) in [6.45, 7) is 0. The normalized spacial score (nSPS) is 10.0. The minimum atomic E-state index is 0.549. The van der Waals surface area contributed by atoms with E-state index in [9.17, 15) is 0 Å². The molecule has 0 saturated heterocycles. The molecule has 4 N–H and O–H groups in total. The highest BCUT2D eigenvalue weighted by Crippen LogP contribution is 2.33. The molecule has 0 heterocycles. The zero-order chi connectivity index (χ0) is 20.8. The molecular formula is C26H20N2O2. The van der Waals surface area contributed by atoms with Gasteiger partial charge in [-0.05, 0) is 48.5 Å². The van der Waals surface area contributed by atoms with Crippen molar-refractivity contribution in [2.45, 2.75) is 0 Å². The van der Waals surface area contributed by atoms with E-state index in [0.29, 0.717) is 34.4 Å².